The normalized spacial score (nSPS) is 24.2. The molecule has 0 atom stereocenters. The van der Waals surface area contributed by atoms with Gasteiger partial charge in [0.15, 0.2) is 0 Å². The van der Waals surface area contributed by atoms with E-state index < -0.39 is 22.5 Å². The van der Waals surface area contributed by atoms with Gasteiger partial charge in [-0.25, -0.2) is 0 Å². The van der Waals surface area contributed by atoms with Crippen LogP contribution in [0.15, 0.2) is 22.7 Å². The first-order valence-corrected chi connectivity index (χ1v) is 8.12. The number of hydrogen-bond acceptors (Lipinski definition) is 2. The van der Waals surface area contributed by atoms with Crippen molar-refractivity contribution in [1.29, 1.82) is 0 Å². The predicted molar refractivity (Wildman–Crippen MR) is 73.7 cm³/mol. The molecule has 1 N–H and O–H groups in total. The zero-order chi connectivity index (χ0) is 14.0. The Bertz CT molecular complexity index is 482. The van der Waals surface area contributed by atoms with Crippen LogP contribution in [0.3, 0.4) is 0 Å². The van der Waals surface area contributed by atoms with Crippen molar-refractivity contribution in [2.45, 2.75) is 25.1 Å². The van der Waals surface area contributed by atoms with Crippen molar-refractivity contribution in [2.24, 2.45) is 0 Å². The van der Waals surface area contributed by atoms with Gasteiger partial charge in [-0.05, 0) is 47.0 Å². The maximum absolute atomic E-state index is 12.6. The SMILES string of the molecule is O=S1CCC(Nc2cc(C(F)(F)F)ccc2Br)CC1. The maximum atomic E-state index is 12.6. The average Bonchev–Trinajstić information content (AvgIpc) is 2.33. The summed E-state index contributed by atoms with van der Waals surface area (Å²) in [7, 11) is -0.774. The molecule has 19 heavy (non-hydrogen) atoms. The van der Waals surface area contributed by atoms with Gasteiger partial charge in [-0.3, -0.25) is 4.21 Å². The fraction of sp³-hybridized carbons (Fsp3) is 0.500. The van der Waals surface area contributed by atoms with Crippen LogP contribution in [-0.2, 0) is 17.0 Å². The molecule has 0 saturated carbocycles. The molecule has 1 saturated heterocycles. The molecular formula is C12H13BrF3NOS. The lowest BCUT2D eigenvalue weighted by Gasteiger charge is -2.24. The highest BCUT2D eigenvalue weighted by Crippen LogP contribution is 2.34. The van der Waals surface area contributed by atoms with Crippen molar-refractivity contribution in [1.82, 2.24) is 0 Å². The standard InChI is InChI=1S/C12H13BrF3NOS/c13-10-2-1-8(12(14,15)16)7-11(10)17-9-3-5-19(18)6-4-9/h1-2,7,9,17H,3-6H2. The molecule has 0 aliphatic carbocycles. The van der Waals surface area contributed by atoms with Gasteiger partial charge in [-0.15, -0.1) is 0 Å². The van der Waals surface area contributed by atoms with E-state index in [1.165, 1.54) is 6.07 Å². The molecule has 0 radical (unpaired) electrons. The van der Waals surface area contributed by atoms with Crippen LogP contribution in [0.5, 0.6) is 0 Å². The Morgan fingerprint density at radius 1 is 1.26 bits per heavy atom. The topological polar surface area (TPSA) is 29.1 Å². The first-order valence-electron chi connectivity index (χ1n) is 5.84. The summed E-state index contributed by atoms with van der Waals surface area (Å²) in [6, 6.07) is 3.63. The van der Waals surface area contributed by atoms with E-state index in [0.29, 0.717) is 21.7 Å². The molecule has 0 amide bonds. The summed E-state index contributed by atoms with van der Waals surface area (Å²) in [6.07, 6.45) is -2.91. The molecule has 2 nitrogen and oxygen atoms in total. The lowest BCUT2D eigenvalue weighted by atomic mass is 10.1. The molecule has 1 fully saturated rings. The van der Waals surface area contributed by atoms with Crippen molar-refractivity contribution >= 4 is 32.4 Å². The molecule has 1 aromatic rings. The zero-order valence-electron chi connectivity index (χ0n) is 9.97. The summed E-state index contributed by atoms with van der Waals surface area (Å²) < 4.78 is 49.8. The molecule has 1 aliphatic rings. The Hall–Kier alpha value is -0.560. The van der Waals surface area contributed by atoms with Gasteiger partial charge >= 0.3 is 6.18 Å². The molecule has 0 unspecified atom stereocenters. The van der Waals surface area contributed by atoms with Crippen molar-refractivity contribution in [3.05, 3.63) is 28.2 Å². The smallest absolute Gasteiger partial charge is 0.381 e. The molecule has 1 heterocycles. The summed E-state index contributed by atoms with van der Waals surface area (Å²) >= 11 is 3.25. The first kappa shape index (κ1) is 14.8. The Balaban J connectivity index is 2.13. The van der Waals surface area contributed by atoms with Crippen LogP contribution in [0, 0.1) is 0 Å². The Kier molecular flexibility index (Phi) is 4.55. The summed E-state index contributed by atoms with van der Waals surface area (Å²) in [6.45, 7) is 0. The summed E-state index contributed by atoms with van der Waals surface area (Å²) in [5.41, 5.74) is -0.231. The summed E-state index contributed by atoms with van der Waals surface area (Å²) in [5, 5.41) is 3.10. The van der Waals surface area contributed by atoms with Gasteiger partial charge in [0, 0.05) is 38.5 Å². The zero-order valence-corrected chi connectivity index (χ0v) is 12.4. The van der Waals surface area contributed by atoms with Crippen molar-refractivity contribution in [3.63, 3.8) is 0 Å². The Labute approximate surface area is 120 Å². The van der Waals surface area contributed by atoms with E-state index in [1.54, 1.807) is 0 Å². The molecule has 2 rings (SSSR count). The monoisotopic (exact) mass is 355 g/mol. The first-order chi connectivity index (χ1) is 8.86. The van der Waals surface area contributed by atoms with Crippen LogP contribution in [0.2, 0.25) is 0 Å². The number of anilines is 1. The third-order valence-corrected chi connectivity index (χ3v) is 5.11. The van der Waals surface area contributed by atoms with Gasteiger partial charge in [-0.1, -0.05) is 0 Å². The number of benzene rings is 1. The number of rotatable bonds is 2. The molecule has 0 aromatic heterocycles. The van der Waals surface area contributed by atoms with Gasteiger partial charge in [0.25, 0.3) is 0 Å². The fourth-order valence-corrected chi connectivity index (χ4v) is 3.63. The molecule has 1 aromatic carbocycles. The second-order valence-corrected chi connectivity index (χ2v) is 7.01. The highest BCUT2D eigenvalue weighted by atomic mass is 79.9. The van der Waals surface area contributed by atoms with E-state index in [9.17, 15) is 17.4 Å². The Morgan fingerprint density at radius 2 is 1.89 bits per heavy atom. The largest absolute Gasteiger partial charge is 0.416 e. The predicted octanol–water partition coefficient (Wildman–Crippen LogP) is 3.79. The van der Waals surface area contributed by atoms with E-state index in [-0.39, 0.29) is 6.04 Å². The molecule has 0 spiro atoms. The maximum Gasteiger partial charge on any atom is 0.416 e. The fourth-order valence-electron chi connectivity index (χ4n) is 1.97. The van der Waals surface area contributed by atoms with E-state index in [2.05, 4.69) is 21.2 Å². The minimum atomic E-state index is -4.34. The Morgan fingerprint density at radius 3 is 2.47 bits per heavy atom. The number of halogens is 4. The molecule has 0 bridgehead atoms. The van der Waals surface area contributed by atoms with Crippen molar-refractivity contribution in [2.75, 3.05) is 16.8 Å². The lowest BCUT2D eigenvalue weighted by molar-refractivity contribution is -0.137. The van der Waals surface area contributed by atoms with Crippen molar-refractivity contribution < 1.29 is 17.4 Å². The minimum absolute atomic E-state index is 0.0810. The summed E-state index contributed by atoms with van der Waals surface area (Å²) in [4.78, 5) is 0. The van der Waals surface area contributed by atoms with E-state index >= 15 is 0 Å². The quantitative estimate of drug-likeness (QED) is 0.874. The van der Waals surface area contributed by atoms with Gasteiger partial charge in [0.2, 0.25) is 0 Å². The van der Waals surface area contributed by atoms with Crippen LogP contribution in [0.25, 0.3) is 0 Å². The van der Waals surface area contributed by atoms with E-state index in [4.69, 9.17) is 0 Å². The van der Waals surface area contributed by atoms with Crippen LogP contribution in [-0.4, -0.2) is 21.8 Å². The highest BCUT2D eigenvalue weighted by molar-refractivity contribution is 9.10. The van der Waals surface area contributed by atoms with Crippen molar-refractivity contribution in [3.8, 4) is 0 Å². The third-order valence-electron chi connectivity index (χ3n) is 3.04. The second kappa shape index (κ2) is 5.83. The molecule has 1 aliphatic heterocycles. The molecule has 106 valence electrons. The number of nitrogens with one attached hydrogen (secondary N) is 1. The third kappa shape index (κ3) is 3.95. The number of alkyl halides is 3. The molecule has 7 heteroatoms. The van der Waals surface area contributed by atoms with Gasteiger partial charge in [-0.2, -0.15) is 13.2 Å². The van der Waals surface area contributed by atoms with Crippen LogP contribution < -0.4 is 5.32 Å². The second-order valence-electron chi connectivity index (χ2n) is 4.46. The number of hydrogen-bond donors (Lipinski definition) is 1. The molecular weight excluding hydrogens is 343 g/mol. The minimum Gasteiger partial charge on any atom is -0.381 e. The van der Waals surface area contributed by atoms with E-state index in [0.717, 1.165) is 25.0 Å². The van der Waals surface area contributed by atoms with E-state index in [1.807, 2.05) is 0 Å². The average molecular weight is 356 g/mol. The van der Waals surface area contributed by atoms with Crippen LogP contribution in [0.1, 0.15) is 18.4 Å². The van der Waals surface area contributed by atoms with Gasteiger partial charge in [0.05, 0.1) is 5.56 Å². The van der Waals surface area contributed by atoms with Gasteiger partial charge in [0.1, 0.15) is 0 Å². The van der Waals surface area contributed by atoms with Crippen LogP contribution >= 0.6 is 15.9 Å². The van der Waals surface area contributed by atoms with Gasteiger partial charge < -0.3 is 5.32 Å². The summed E-state index contributed by atoms with van der Waals surface area (Å²) in [5.74, 6) is 1.21. The van der Waals surface area contributed by atoms with Crippen LogP contribution in [0.4, 0.5) is 18.9 Å². The highest BCUT2D eigenvalue weighted by Gasteiger charge is 2.31. The lowest BCUT2D eigenvalue weighted by Crippen LogP contribution is -2.29.